The predicted octanol–water partition coefficient (Wildman–Crippen LogP) is 2.72. The van der Waals surface area contributed by atoms with Crippen molar-refractivity contribution in [2.75, 3.05) is 13.7 Å². The molecule has 0 unspecified atom stereocenters. The van der Waals surface area contributed by atoms with Gasteiger partial charge < -0.3 is 14.4 Å². The lowest BCUT2D eigenvalue weighted by atomic mass is 10.2. The van der Waals surface area contributed by atoms with Crippen molar-refractivity contribution in [3.63, 3.8) is 0 Å². The van der Waals surface area contributed by atoms with E-state index in [1.807, 2.05) is 0 Å². The molecule has 0 saturated heterocycles. The van der Waals surface area contributed by atoms with Gasteiger partial charge in [-0.05, 0) is 43.6 Å². The van der Waals surface area contributed by atoms with Crippen LogP contribution >= 0.6 is 15.9 Å². The SMILES string of the molecule is CCOC(=O)c1n[nH]c(CN(C)C(=O)OC(C)(C)C)c1Br. The standard InChI is InChI=1S/C13H20BrN3O4/c1-6-20-11(18)10-9(14)8(15-16-10)7-17(5)12(19)21-13(2,3)4/h6-7H2,1-5H3,(H,15,16). The van der Waals surface area contributed by atoms with Crippen LogP contribution in [-0.2, 0) is 16.0 Å². The van der Waals surface area contributed by atoms with Crippen molar-refractivity contribution < 1.29 is 19.1 Å². The number of aromatic amines is 1. The van der Waals surface area contributed by atoms with E-state index in [0.29, 0.717) is 10.2 Å². The number of hydrogen-bond donors (Lipinski definition) is 1. The van der Waals surface area contributed by atoms with E-state index in [2.05, 4.69) is 26.1 Å². The zero-order valence-corrected chi connectivity index (χ0v) is 14.4. The summed E-state index contributed by atoms with van der Waals surface area (Å²) in [4.78, 5) is 24.9. The number of carbonyl (C=O) groups is 2. The van der Waals surface area contributed by atoms with Gasteiger partial charge in [0.1, 0.15) is 5.60 Å². The van der Waals surface area contributed by atoms with Gasteiger partial charge in [0.05, 0.1) is 23.3 Å². The van der Waals surface area contributed by atoms with Crippen LogP contribution in [0.4, 0.5) is 4.79 Å². The van der Waals surface area contributed by atoms with E-state index in [1.165, 1.54) is 4.90 Å². The number of carbonyl (C=O) groups excluding carboxylic acids is 2. The summed E-state index contributed by atoms with van der Waals surface area (Å²) < 4.78 is 10.6. The van der Waals surface area contributed by atoms with Crippen molar-refractivity contribution in [2.24, 2.45) is 0 Å². The van der Waals surface area contributed by atoms with Gasteiger partial charge in [-0.25, -0.2) is 9.59 Å². The summed E-state index contributed by atoms with van der Waals surface area (Å²) in [6.45, 7) is 7.60. The Morgan fingerprint density at radius 3 is 2.52 bits per heavy atom. The second-order valence-corrected chi connectivity index (χ2v) is 6.21. The smallest absolute Gasteiger partial charge is 0.410 e. The summed E-state index contributed by atoms with van der Waals surface area (Å²) in [6.07, 6.45) is -0.457. The Morgan fingerprint density at radius 1 is 1.38 bits per heavy atom. The number of rotatable bonds is 4. The maximum Gasteiger partial charge on any atom is 0.410 e. The van der Waals surface area contributed by atoms with Gasteiger partial charge in [-0.15, -0.1) is 0 Å². The Labute approximate surface area is 132 Å². The van der Waals surface area contributed by atoms with E-state index in [4.69, 9.17) is 9.47 Å². The van der Waals surface area contributed by atoms with E-state index in [1.54, 1.807) is 34.7 Å². The second-order valence-electron chi connectivity index (χ2n) is 5.42. The zero-order valence-electron chi connectivity index (χ0n) is 12.8. The number of halogens is 1. The van der Waals surface area contributed by atoms with Gasteiger partial charge in [-0.3, -0.25) is 5.10 Å². The molecule has 1 aromatic rings. The monoisotopic (exact) mass is 361 g/mol. The number of amides is 1. The van der Waals surface area contributed by atoms with E-state index < -0.39 is 17.7 Å². The minimum absolute atomic E-state index is 0.157. The van der Waals surface area contributed by atoms with Crippen molar-refractivity contribution in [1.82, 2.24) is 15.1 Å². The van der Waals surface area contributed by atoms with Crippen LogP contribution < -0.4 is 0 Å². The molecule has 0 aliphatic rings. The average Bonchev–Trinajstić information content (AvgIpc) is 2.69. The van der Waals surface area contributed by atoms with Crippen LogP contribution in [0.5, 0.6) is 0 Å². The Kier molecular flexibility index (Phi) is 5.77. The molecule has 0 aromatic carbocycles. The first-order valence-corrected chi connectivity index (χ1v) is 7.29. The molecular formula is C13H20BrN3O4. The third-order valence-corrected chi connectivity index (χ3v) is 3.20. The van der Waals surface area contributed by atoms with Crippen molar-refractivity contribution in [3.8, 4) is 0 Å². The van der Waals surface area contributed by atoms with Crippen molar-refractivity contribution >= 4 is 28.0 Å². The Hall–Kier alpha value is -1.57. The number of hydrogen-bond acceptors (Lipinski definition) is 5. The second kappa shape index (κ2) is 6.93. The minimum Gasteiger partial charge on any atom is -0.461 e. The molecule has 1 N–H and O–H groups in total. The first-order chi connectivity index (χ1) is 9.65. The van der Waals surface area contributed by atoms with Gasteiger partial charge in [0.2, 0.25) is 0 Å². The molecule has 0 fully saturated rings. The molecule has 0 saturated carbocycles. The van der Waals surface area contributed by atoms with Crippen LogP contribution in [-0.4, -0.2) is 46.4 Å². The third kappa shape index (κ3) is 5.04. The van der Waals surface area contributed by atoms with E-state index >= 15 is 0 Å². The molecule has 1 heterocycles. The third-order valence-electron chi connectivity index (χ3n) is 2.34. The molecule has 0 aliphatic heterocycles. The molecule has 1 amide bonds. The van der Waals surface area contributed by atoms with Crippen LogP contribution in [0.15, 0.2) is 4.47 Å². The highest BCUT2D eigenvalue weighted by Gasteiger charge is 2.23. The van der Waals surface area contributed by atoms with Gasteiger partial charge >= 0.3 is 12.1 Å². The Morgan fingerprint density at radius 2 is 2.00 bits per heavy atom. The minimum atomic E-state index is -0.563. The number of esters is 1. The highest BCUT2D eigenvalue weighted by molar-refractivity contribution is 9.10. The van der Waals surface area contributed by atoms with Crippen LogP contribution in [0.2, 0.25) is 0 Å². The predicted molar refractivity (Wildman–Crippen MR) is 79.9 cm³/mol. The van der Waals surface area contributed by atoms with Gasteiger partial charge in [-0.2, -0.15) is 5.10 Å². The number of nitrogens with zero attached hydrogens (tertiary/aromatic N) is 2. The van der Waals surface area contributed by atoms with Gasteiger partial charge in [0, 0.05) is 7.05 Å². The van der Waals surface area contributed by atoms with Crippen molar-refractivity contribution in [3.05, 3.63) is 15.9 Å². The fourth-order valence-corrected chi connectivity index (χ4v) is 1.91. The molecule has 0 atom stereocenters. The van der Waals surface area contributed by atoms with Crippen LogP contribution in [0.25, 0.3) is 0 Å². The fourth-order valence-electron chi connectivity index (χ4n) is 1.45. The maximum atomic E-state index is 11.9. The van der Waals surface area contributed by atoms with E-state index in [9.17, 15) is 9.59 Å². The van der Waals surface area contributed by atoms with Gasteiger partial charge in [0.15, 0.2) is 5.69 Å². The molecule has 0 aliphatic carbocycles. The summed E-state index contributed by atoms with van der Waals surface area (Å²) >= 11 is 3.29. The molecule has 0 spiro atoms. The largest absolute Gasteiger partial charge is 0.461 e. The fraction of sp³-hybridized carbons (Fsp3) is 0.615. The van der Waals surface area contributed by atoms with E-state index in [0.717, 1.165) is 0 Å². The quantitative estimate of drug-likeness (QED) is 0.833. The molecule has 0 radical (unpaired) electrons. The summed E-state index contributed by atoms with van der Waals surface area (Å²) in [6, 6.07) is 0. The van der Waals surface area contributed by atoms with Crippen molar-refractivity contribution in [1.29, 1.82) is 0 Å². The Balaban J connectivity index is 2.76. The van der Waals surface area contributed by atoms with Crippen LogP contribution in [0.1, 0.15) is 43.9 Å². The van der Waals surface area contributed by atoms with Gasteiger partial charge in [0.25, 0.3) is 0 Å². The molecule has 21 heavy (non-hydrogen) atoms. The number of H-pyrrole nitrogens is 1. The lowest BCUT2D eigenvalue weighted by molar-refractivity contribution is 0.0282. The highest BCUT2D eigenvalue weighted by Crippen LogP contribution is 2.21. The molecule has 118 valence electrons. The first kappa shape index (κ1) is 17.5. The summed E-state index contributed by atoms with van der Waals surface area (Å²) in [5, 5.41) is 6.61. The summed E-state index contributed by atoms with van der Waals surface area (Å²) in [5.41, 5.74) is 0.183. The molecule has 7 nitrogen and oxygen atoms in total. The topological polar surface area (TPSA) is 84.5 Å². The van der Waals surface area contributed by atoms with Crippen molar-refractivity contribution in [2.45, 2.75) is 39.8 Å². The summed E-state index contributed by atoms with van der Waals surface area (Å²) in [5.74, 6) is -0.521. The lowest BCUT2D eigenvalue weighted by Crippen LogP contribution is -2.34. The molecular weight excluding hydrogens is 342 g/mol. The maximum absolute atomic E-state index is 11.9. The average molecular weight is 362 g/mol. The highest BCUT2D eigenvalue weighted by atomic mass is 79.9. The zero-order chi connectivity index (χ0) is 16.2. The number of ether oxygens (including phenoxy) is 2. The van der Waals surface area contributed by atoms with E-state index in [-0.39, 0.29) is 18.8 Å². The first-order valence-electron chi connectivity index (χ1n) is 6.49. The number of aromatic nitrogens is 2. The molecule has 1 rings (SSSR count). The summed E-state index contributed by atoms with van der Waals surface area (Å²) in [7, 11) is 1.60. The lowest BCUT2D eigenvalue weighted by Gasteiger charge is -2.24. The Bertz CT molecular complexity index is 522. The number of nitrogens with one attached hydrogen (secondary N) is 1. The molecule has 1 aromatic heterocycles. The normalized spacial score (nSPS) is 11.1. The van der Waals surface area contributed by atoms with Crippen LogP contribution in [0.3, 0.4) is 0 Å². The van der Waals surface area contributed by atoms with Crippen LogP contribution in [0, 0.1) is 0 Å². The molecule has 0 bridgehead atoms. The van der Waals surface area contributed by atoms with Gasteiger partial charge in [-0.1, -0.05) is 0 Å². The molecule has 8 heteroatoms.